The highest BCUT2D eigenvalue weighted by Gasteiger charge is 2.29. The van der Waals surface area contributed by atoms with E-state index in [1.54, 1.807) is 12.1 Å². The van der Waals surface area contributed by atoms with Crippen molar-refractivity contribution in [3.8, 4) is 0 Å². The molecule has 0 aromatic heterocycles. The van der Waals surface area contributed by atoms with Crippen LogP contribution in [0.3, 0.4) is 0 Å². The van der Waals surface area contributed by atoms with E-state index in [4.69, 9.17) is 9.84 Å². The van der Waals surface area contributed by atoms with E-state index in [1.165, 1.54) is 0 Å². The number of carbonyl (C=O) groups is 3. The third-order valence-electron chi connectivity index (χ3n) is 4.18. The molecule has 0 saturated heterocycles. The van der Waals surface area contributed by atoms with Gasteiger partial charge >= 0.3 is 11.9 Å². The molecule has 1 fully saturated rings. The molecular weight excluding hydrogens is 310 g/mol. The fourth-order valence-corrected chi connectivity index (χ4v) is 2.85. The fraction of sp³-hybridized carbons (Fsp3) is 0.500. The molecule has 2 N–H and O–H groups in total. The molecule has 1 atom stereocenters. The second-order valence-corrected chi connectivity index (χ2v) is 6.09. The molecule has 1 amide bonds. The molecule has 0 spiro atoms. The topological polar surface area (TPSA) is 92.7 Å². The van der Waals surface area contributed by atoms with Gasteiger partial charge in [0.1, 0.15) is 12.6 Å². The van der Waals surface area contributed by atoms with E-state index >= 15 is 0 Å². The number of aliphatic carboxylic acids is 1. The Hall–Kier alpha value is -2.37. The number of hydrogen-bond donors (Lipinski definition) is 2. The van der Waals surface area contributed by atoms with Crippen molar-refractivity contribution in [1.29, 1.82) is 0 Å². The van der Waals surface area contributed by atoms with Crippen molar-refractivity contribution in [3.63, 3.8) is 0 Å². The Labute approximate surface area is 141 Å². The van der Waals surface area contributed by atoms with E-state index in [1.807, 2.05) is 18.2 Å². The maximum atomic E-state index is 12.3. The van der Waals surface area contributed by atoms with Gasteiger partial charge in [-0.1, -0.05) is 49.6 Å². The van der Waals surface area contributed by atoms with E-state index in [0.29, 0.717) is 0 Å². The summed E-state index contributed by atoms with van der Waals surface area (Å²) in [6.45, 7) is 0.0507. The van der Waals surface area contributed by atoms with Gasteiger partial charge in [-0.3, -0.25) is 9.59 Å². The van der Waals surface area contributed by atoms with Crippen LogP contribution in [0.4, 0.5) is 0 Å². The molecule has 1 saturated carbocycles. The van der Waals surface area contributed by atoms with Gasteiger partial charge in [0, 0.05) is 5.92 Å². The maximum absolute atomic E-state index is 12.3. The molecule has 1 aliphatic carbocycles. The Morgan fingerprint density at radius 3 is 2.42 bits per heavy atom. The predicted octanol–water partition coefficient (Wildman–Crippen LogP) is 2.27. The van der Waals surface area contributed by atoms with E-state index < -0.39 is 24.4 Å². The van der Waals surface area contributed by atoms with Crippen molar-refractivity contribution >= 4 is 17.8 Å². The van der Waals surface area contributed by atoms with Gasteiger partial charge in [-0.25, -0.2) is 4.79 Å². The number of carbonyl (C=O) groups excluding carboxylic acids is 2. The summed E-state index contributed by atoms with van der Waals surface area (Å²) in [4.78, 5) is 35.4. The van der Waals surface area contributed by atoms with Crippen LogP contribution >= 0.6 is 0 Å². The highest BCUT2D eigenvalue weighted by molar-refractivity contribution is 5.88. The van der Waals surface area contributed by atoms with Gasteiger partial charge in [-0.05, 0) is 18.4 Å². The zero-order valence-corrected chi connectivity index (χ0v) is 13.6. The van der Waals surface area contributed by atoms with Crippen molar-refractivity contribution in [2.24, 2.45) is 5.92 Å². The second kappa shape index (κ2) is 9.05. The lowest BCUT2D eigenvalue weighted by Crippen LogP contribution is -2.45. The summed E-state index contributed by atoms with van der Waals surface area (Å²) in [7, 11) is 0. The zero-order chi connectivity index (χ0) is 17.4. The van der Waals surface area contributed by atoms with Gasteiger partial charge < -0.3 is 15.2 Å². The number of esters is 1. The largest absolute Gasteiger partial charge is 0.481 e. The Morgan fingerprint density at radius 1 is 1.12 bits per heavy atom. The Balaban J connectivity index is 1.91. The summed E-state index contributed by atoms with van der Waals surface area (Å²) in [6.07, 6.45) is 4.17. The minimum absolute atomic E-state index is 0.0507. The summed E-state index contributed by atoms with van der Waals surface area (Å²) in [5.74, 6) is -2.26. The van der Waals surface area contributed by atoms with Crippen LogP contribution in [0.1, 0.15) is 44.1 Å². The molecule has 6 heteroatoms. The molecule has 24 heavy (non-hydrogen) atoms. The van der Waals surface area contributed by atoms with Gasteiger partial charge in [-0.15, -0.1) is 0 Å². The number of benzene rings is 1. The Bertz CT molecular complexity index is 566. The molecule has 2 rings (SSSR count). The first kappa shape index (κ1) is 18.0. The monoisotopic (exact) mass is 333 g/mol. The highest BCUT2D eigenvalue weighted by Crippen LogP contribution is 2.23. The van der Waals surface area contributed by atoms with Crippen LogP contribution in [0, 0.1) is 5.92 Å². The van der Waals surface area contributed by atoms with Crippen LogP contribution in [0.25, 0.3) is 0 Å². The van der Waals surface area contributed by atoms with Crippen molar-refractivity contribution < 1.29 is 24.2 Å². The number of amides is 1. The summed E-state index contributed by atoms with van der Waals surface area (Å²) in [5.41, 5.74) is 0.804. The van der Waals surface area contributed by atoms with Crippen LogP contribution in [-0.4, -0.2) is 29.0 Å². The molecule has 0 bridgehead atoms. The molecule has 1 aromatic carbocycles. The SMILES string of the molecule is O=C(O)CC(NC(=O)C1CCCCC1)C(=O)OCc1ccccc1. The summed E-state index contributed by atoms with van der Waals surface area (Å²) in [6, 6.07) is 7.95. The first-order valence-corrected chi connectivity index (χ1v) is 8.29. The standard InChI is InChI=1S/C18H23NO5/c20-16(21)11-15(19-17(22)14-9-5-2-6-10-14)18(23)24-12-13-7-3-1-4-8-13/h1,3-4,7-8,14-15H,2,5-6,9-12H2,(H,19,22)(H,20,21). The first-order valence-electron chi connectivity index (χ1n) is 8.29. The number of hydrogen-bond acceptors (Lipinski definition) is 4. The lowest BCUT2D eigenvalue weighted by Gasteiger charge is -2.23. The number of nitrogens with one attached hydrogen (secondary N) is 1. The van der Waals surface area contributed by atoms with E-state index in [2.05, 4.69) is 5.32 Å². The third-order valence-corrected chi connectivity index (χ3v) is 4.18. The van der Waals surface area contributed by atoms with Crippen LogP contribution in [0.5, 0.6) is 0 Å². The van der Waals surface area contributed by atoms with Crippen molar-refractivity contribution in [2.75, 3.05) is 0 Å². The number of carboxylic acids is 1. The van der Waals surface area contributed by atoms with Gasteiger partial charge in [0.2, 0.25) is 5.91 Å². The lowest BCUT2D eigenvalue weighted by molar-refractivity contribution is -0.153. The van der Waals surface area contributed by atoms with E-state index in [-0.39, 0.29) is 18.4 Å². The van der Waals surface area contributed by atoms with Gasteiger partial charge in [-0.2, -0.15) is 0 Å². The van der Waals surface area contributed by atoms with Crippen LogP contribution in [0.15, 0.2) is 30.3 Å². The summed E-state index contributed by atoms with van der Waals surface area (Å²) < 4.78 is 5.16. The maximum Gasteiger partial charge on any atom is 0.329 e. The predicted molar refractivity (Wildman–Crippen MR) is 87.0 cm³/mol. The van der Waals surface area contributed by atoms with E-state index in [9.17, 15) is 14.4 Å². The first-order chi connectivity index (χ1) is 11.6. The number of rotatable bonds is 7. The summed E-state index contributed by atoms with van der Waals surface area (Å²) >= 11 is 0. The second-order valence-electron chi connectivity index (χ2n) is 6.09. The lowest BCUT2D eigenvalue weighted by atomic mass is 9.88. The zero-order valence-electron chi connectivity index (χ0n) is 13.6. The molecule has 6 nitrogen and oxygen atoms in total. The minimum atomic E-state index is -1.15. The number of carboxylic acid groups (broad SMARTS) is 1. The minimum Gasteiger partial charge on any atom is -0.481 e. The van der Waals surface area contributed by atoms with Crippen molar-refractivity contribution in [3.05, 3.63) is 35.9 Å². The van der Waals surface area contributed by atoms with Crippen molar-refractivity contribution in [1.82, 2.24) is 5.32 Å². The molecular formula is C18H23NO5. The van der Waals surface area contributed by atoms with Gasteiger partial charge in [0.15, 0.2) is 0 Å². The molecule has 0 heterocycles. The summed E-state index contributed by atoms with van der Waals surface area (Å²) in [5, 5.41) is 11.5. The molecule has 1 unspecified atom stereocenters. The molecule has 130 valence electrons. The molecule has 1 aliphatic rings. The number of ether oxygens (including phenoxy) is 1. The average Bonchev–Trinajstić information content (AvgIpc) is 2.60. The quantitative estimate of drug-likeness (QED) is 0.747. The normalized spacial score (nSPS) is 16.2. The smallest absolute Gasteiger partial charge is 0.329 e. The van der Waals surface area contributed by atoms with Gasteiger partial charge in [0.25, 0.3) is 0 Å². The van der Waals surface area contributed by atoms with E-state index in [0.717, 1.165) is 37.7 Å². The third kappa shape index (κ3) is 5.68. The van der Waals surface area contributed by atoms with Crippen molar-refractivity contribution in [2.45, 2.75) is 51.2 Å². The molecule has 0 radical (unpaired) electrons. The van der Waals surface area contributed by atoms with Crippen LogP contribution in [-0.2, 0) is 25.7 Å². The molecule has 1 aromatic rings. The van der Waals surface area contributed by atoms with Crippen LogP contribution < -0.4 is 5.32 Å². The van der Waals surface area contributed by atoms with Crippen LogP contribution in [0.2, 0.25) is 0 Å². The molecule has 0 aliphatic heterocycles. The Kier molecular flexibility index (Phi) is 6.78. The Morgan fingerprint density at radius 2 is 1.79 bits per heavy atom. The van der Waals surface area contributed by atoms with Gasteiger partial charge in [0.05, 0.1) is 6.42 Å². The average molecular weight is 333 g/mol. The fourth-order valence-electron chi connectivity index (χ4n) is 2.85. The highest BCUT2D eigenvalue weighted by atomic mass is 16.5.